The summed E-state index contributed by atoms with van der Waals surface area (Å²) in [6.07, 6.45) is -0.773. The van der Waals surface area contributed by atoms with Crippen LogP contribution < -0.4 is 5.32 Å². The summed E-state index contributed by atoms with van der Waals surface area (Å²) in [5, 5.41) is 22.9. The van der Waals surface area contributed by atoms with Crippen molar-refractivity contribution in [3.8, 4) is 0 Å². The molecule has 6 heteroatoms. The summed E-state index contributed by atoms with van der Waals surface area (Å²) >= 11 is 0. The average Bonchev–Trinajstić information content (AvgIpc) is 2.77. The minimum atomic E-state index is -1.16. The first-order chi connectivity index (χ1) is 8.99. The molecule has 0 spiro atoms. The molecular formula is C13H15FN2O3. The summed E-state index contributed by atoms with van der Waals surface area (Å²) in [5.41, 5.74) is 1.01. The fraction of sp³-hybridized carbons (Fsp3) is 0.308. The molecule has 1 aromatic heterocycles. The van der Waals surface area contributed by atoms with Crippen LogP contribution in [0.25, 0.3) is 10.9 Å². The van der Waals surface area contributed by atoms with Crippen molar-refractivity contribution in [3.05, 3.63) is 35.8 Å². The lowest BCUT2D eigenvalue weighted by molar-refractivity contribution is -0.119. The Kier molecular flexibility index (Phi) is 3.82. The van der Waals surface area contributed by atoms with Crippen LogP contribution in [0.1, 0.15) is 18.6 Å². The van der Waals surface area contributed by atoms with Gasteiger partial charge in [0.05, 0.1) is 0 Å². The smallest absolute Gasteiger partial charge is 0.216 e. The molecule has 0 aliphatic heterocycles. The molecule has 0 saturated carbocycles. The van der Waals surface area contributed by atoms with Crippen molar-refractivity contribution in [1.29, 1.82) is 0 Å². The Morgan fingerprint density at radius 2 is 2.21 bits per heavy atom. The number of H-pyrrole nitrogens is 1. The van der Waals surface area contributed by atoms with Crippen molar-refractivity contribution in [2.75, 3.05) is 6.54 Å². The molecule has 102 valence electrons. The monoisotopic (exact) mass is 266 g/mol. The number of amides is 1. The van der Waals surface area contributed by atoms with E-state index in [9.17, 15) is 19.4 Å². The predicted octanol–water partition coefficient (Wildman–Crippen LogP) is 0.837. The van der Waals surface area contributed by atoms with E-state index in [1.165, 1.54) is 31.3 Å². The molecule has 0 aliphatic rings. The van der Waals surface area contributed by atoms with Gasteiger partial charge in [0.1, 0.15) is 18.0 Å². The van der Waals surface area contributed by atoms with Gasteiger partial charge in [-0.15, -0.1) is 0 Å². The Morgan fingerprint density at radius 1 is 1.47 bits per heavy atom. The number of aromatic amines is 1. The third-order valence-corrected chi connectivity index (χ3v) is 2.92. The summed E-state index contributed by atoms with van der Waals surface area (Å²) < 4.78 is 13.0. The van der Waals surface area contributed by atoms with E-state index >= 15 is 0 Å². The van der Waals surface area contributed by atoms with Crippen LogP contribution in [0.15, 0.2) is 24.4 Å². The first-order valence-corrected chi connectivity index (χ1v) is 5.86. The number of aliphatic hydroxyl groups excluding tert-OH is 2. The number of carbonyl (C=O) groups is 1. The minimum absolute atomic E-state index is 0.0512. The van der Waals surface area contributed by atoms with E-state index in [0.29, 0.717) is 16.5 Å². The first-order valence-electron chi connectivity index (χ1n) is 5.86. The Morgan fingerprint density at radius 3 is 2.89 bits per heavy atom. The highest BCUT2D eigenvalue weighted by molar-refractivity contribution is 5.83. The molecule has 2 rings (SSSR count). The SMILES string of the molecule is CC(=O)NCC(O)C(O)c1c[nH]c2cc(F)ccc12. The number of aromatic nitrogens is 1. The summed E-state index contributed by atoms with van der Waals surface area (Å²) in [5.74, 6) is -0.665. The number of halogens is 1. The lowest BCUT2D eigenvalue weighted by Gasteiger charge is -2.17. The zero-order valence-corrected chi connectivity index (χ0v) is 10.4. The Bertz CT molecular complexity index is 597. The molecule has 0 radical (unpaired) electrons. The maximum absolute atomic E-state index is 13.0. The van der Waals surface area contributed by atoms with Crippen molar-refractivity contribution in [1.82, 2.24) is 10.3 Å². The molecule has 1 amide bonds. The van der Waals surface area contributed by atoms with Crippen LogP contribution in [0.3, 0.4) is 0 Å². The standard InChI is InChI=1S/C13H15FN2O3/c1-7(17)15-6-12(18)13(19)10-5-16-11-4-8(14)2-3-9(10)11/h2-5,12-13,16,18-19H,6H2,1H3,(H,15,17). The van der Waals surface area contributed by atoms with E-state index in [1.54, 1.807) is 0 Å². The second-order valence-corrected chi connectivity index (χ2v) is 4.38. The zero-order chi connectivity index (χ0) is 14.0. The average molecular weight is 266 g/mol. The van der Waals surface area contributed by atoms with Crippen LogP contribution in [0, 0.1) is 5.82 Å². The minimum Gasteiger partial charge on any atom is -0.388 e. The number of hydrogen-bond donors (Lipinski definition) is 4. The molecule has 0 bridgehead atoms. The van der Waals surface area contributed by atoms with E-state index in [1.807, 2.05) is 0 Å². The Labute approximate surface area is 109 Å². The van der Waals surface area contributed by atoms with Crippen LogP contribution in [0.4, 0.5) is 4.39 Å². The van der Waals surface area contributed by atoms with Gasteiger partial charge in [-0.3, -0.25) is 4.79 Å². The zero-order valence-electron chi connectivity index (χ0n) is 10.4. The fourth-order valence-electron chi connectivity index (χ4n) is 1.93. The largest absolute Gasteiger partial charge is 0.388 e. The Balaban J connectivity index is 2.21. The Hall–Kier alpha value is -1.92. The number of aliphatic hydroxyl groups is 2. The molecule has 0 saturated heterocycles. The maximum atomic E-state index is 13.0. The van der Waals surface area contributed by atoms with Crippen molar-refractivity contribution < 1.29 is 19.4 Å². The molecule has 0 aliphatic carbocycles. The van der Waals surface area contributed by atoms with Gasteiger partial charge < -0.3 is 20.5 Å². The van der Waals surface area contributed by atoms with Crippen LogP contribution in [-0.2, 0) is 4.79 Å². The molecule has 5 nitrogen and oxygen atoms in total. The third-order valence-electron chi connectivity index (χ3n) is 2.92. The van der Waals surface area contributed by atoms with Gasteiger partial charge >= 0.3 is 0 Å². The molecular weight excluding hydrogens is 251 g/mol. The number of fused-ring (bicyclic) bond motifs is 1. The van der Waals surface area contributed by atoms with Crippen LogP contribution in [0.2, 0.25) is 0 Å². The van der Waals surface area contributed by atoms with Crippen molar-refractivity contribution >= 4 is 16.8 Å². The van der Waals surface area contributed by atoms with Gasteiger partial charge in [0.2, 0.25) is 5.91 Å². The third kappa shape index (κ3) is 2.91. The van der Waals surface area contributed by atoms with Gasteiger partial charge in [-0.1, -0.05) is 0 Å². The van der Waals surface area contributed by atoms with Crippen molar-refractivity contribution in [3.63, 3.8) is 0 Å². The van der Waals surface area contributed by atoms with Gasteiger partial charge in [0.15, 0.2) is 0 Å². The highest BCUT2D eigenvalue weighted by Crippen LogP contribution is 2.26. The topological polar surface area (TPSA) is 85.3 Å². The van der Waals surface area contributed by atoms with E-state index in [4.69, 9.17) is 0 Å². The molecule has 1 aromatic carbocycles. The summed E-state index contributed by atoms with van der Waals surface area (Å²) in [4.78, 5) is 13.6. The highest BCUT2D eigenvalue weighted by Gasteiger charge is 2.21. The first kappa shape index (κ1) is 13.5. The number of rotatable bonds is 4. The number of carbonyl (C=O) groups excluding carboxylic acids is 1. The second-order valence-electron chi connectivity index (χ2n) is 4.38. The van der Waals surface area contributed by atoms with E-state index in [-0.39, 0.29) is 18.3 Å². The highest BCUT2D eigenvalue weighted by atomic mass is 19.1. The fourth-order valence-corrected chi connectivity index (χ4v) is 1.93. The summed E-state index contributed by atoms with van der Waals surface area (Å²) in [7, 11) is 0. The van der Waals surface area contributed by atoms with Gasteiger partial charge in [-0.2, -0.15) is 0 Å². The van der Waals surface area contributed by atoms with Gasteiger partial charge in [0.25, 0.3) is 0 Å². The van der Waals surface area contributed by atoms with Crippen molar-refractivity contribution in [2.45, 2.75) is 19.1 Å². The predicted molar refractivity (Wildman–Crippen MR) is 67.9 cm³/mol. The second kappa shape index (κ2) is 5.38. The van der Waals surface area contributed by atoms with Gasteiger partial charge in [-0.05, 0) is 18.2 Å². The number of benzene rings is 1. The summed E-state index contributed by atoms with van der Waals surface area (Å²) in [6.45, 7) is 1.28. The van der Waals surface area contributed by atoms with Crippen LogP contribution >= 0.6 is 0 Å². The molecule has 19 heavy (non-hydrogen) atoms. The van der Waals surface area contributed by atoms with Crippen LogP contribution in [0.5, 0.6) is 0 Å². The number of nitrogens with one attached hydrogen (secondary N) is 2. The molecule has 2 aromatic rings. The lowest BCUT2D eigenvalue weighted by atomic mass is 10.0. The lowest BCUT2D eigenvalue weighted by Crippen LogP contribution is -2.34. The number of hydrogen-bond acceptors (Lipinski definition) is 3. The molecule has 2 unspecified atom stereocenters. The van der Waals surface area contributed by atoms with E-state index in [0.717, 1.165) is 0 Å². The molecule has 2 atom stereocenters. The molecule has 1 heterocycles. The van der Waals surface area contributed by atoms with E-state index in [2.05, 4.69) is 10.3 Å². The normalized spacial score (nSPS) is 14.3. The molecule has 0 fully saturated rings. The molecule has 4 N–H and O–H groups in total. The quantitative estimate of drug-likeness (QED) is 0.661. The summed E-state index contributed by atoms with van der Waals surface area (Å²) in [6, 6.07) is 4.13. The van der Waals surface area contributed by atoms with E-state index < -0.39 is 12.2 Å². The van der Waals surface area contributed by atoms with Gasteiger partial charge in [0, 0.05) is 36.1 Å². The van der Waals surface area contributed by atoms with Crippen LogP contribution in [-0.4, -0.2) is 33.8 Å². The van der Waals surface area contributed by atoms with Gasteiger partial charge in [-0.25, -0.2) is 4.39 Å². The maximum Gasteiger partial charge on any atom is 0.216 e. The van der Waals surface area contributed by atoms with Crippen molar-refractivity contribution in [2.24, 2.45) is 0 Å².